The van der Waals surface area contributed by atoms with Crippen LogP contribution in [-0.2, 0) is 0 Å². The molecule has 2 heteroatoms. The van der Waals surface area contributed by atoms with Crippen LogP contribution in [0.25, 0.3) is 0 Å². The molecule has 0 heterocycles. The van der Waals surface area contributed by atoms with E-state index in [1.54, 1.807) is 0 Å². The van der Waals surface area contributed by atoms with Gasteiger partial charge in [0.15, 0.2) is 0 Å². The standard InChI is InChI=1S/C13H29NS/c1-4-7-10-13(9-5-2)14-11-8-12-15-6-3/h13-14H,4-12H2,1-3H3. The molecule has 0 rings (SSSR count). The average Bonchev–Trinajstić information content (AvgIpc) is 2.25. The third-order valence-electron chi connectivity index (χ3n) is 2.65. The molecule has 1 atom stereocenters. The highest BCUT2D eigenvalue weighted by Crippen LogP contribution is 2.07. The highest BCUT2D eigenvalue weighted by Gasteiger charge is 2.05. The first-order valence-electron chi connectivity index (χ1n) is 6.66. The van der Waals surface area contributed by atoms with Crippen molar-refractivity contribution in [1.82, 2.24) is 5.32 Å². The minimum atomic E-state index is 0.779. The summed E-state index contributed by atoms with van der Waals surface area (Å²) in [6.07, 6.45) is 8.05. The van der Waals surface area contributed by atoms with Gasteiger partial charge in [0.05, 0.1) is 0 Å². The van der Waals surface area contributed by atoms with Crippen LogP contribution in [0.2, 0.25) is 0 Å². The van der Waals surface area contributed by atoms with Gasteiger partial charge in [-0.1, -0.05) is 40.0 Å². The normalized spacial score (nSPS) is 13.0. The average molecular weight is 231 g/mol. The van der Waals surface area contributed by atoms with Gasteiger partial charge in [0.2, 0.25) is 0 Å². The molecule has 92 valence electrons. The summed E-state index contributed by atoms with van der Waals surface area (Å²) < 4.78 is 0. The SMILES string of the molecule is CCCCC(CCC)NCCCSCC. The maximum absolute atomic E-state index is 3.70. The first kappa shape index (κ1) is 15.3. The van der Waals surface area contributed by atoms with Crippen molar-refractivity contribution in [1.29, 1.82) is 0 Å². The zero-order valence-electron chi connectivity index (χ0n) is 10.8. The van der Waals surface area contributed by atoms with Crippen molar-refractivity contribution in [3.05, 3.63) is 0 Å². The van der Waals surface area contributed by atoms with E-state index in [1.807, 2.05) is 0 Å². The fourth-order valence-electron chi connectivity index (χ4n) is 1.77. The van der Waals surface area contributed by atoms with Crippen LogP contribution in [0.1, 0.15) is 59.3 Å². The molecule has 0 aliphatic heterocycles. The van der Waals surface area contributed by atoms with Crippen molar-refractivity contribution in [3.8, 4) is 0 Å². The van der Waals surface area contributed by atoms with E-state index in [0.717, 1.165) is 6.04 Å². The van der Waals surface area contributed by atoms with Gasteiger partial charge in [0, 0.05) is 6.04 Å². The van der Waals surface area contributed by atoms with Crippen LogP contribution in [-0.4, -0.2) is 24.1 Å². The van der Waals surface area contributed by atoms with Crippen LogP contribution in [0.15, 0.2) is 0 Å². The molecule has 0 aliphatic carbocycles. The van der Waals surface area contributed by atoms with E-state index < -0.39 is 0 Å². The van der Waals surface area contributed by atoms with E-state index in [9.17, 15) is 0 Å². The monoisotopic (exact) mass is 231 g/mol. The Hall–Kier alpha value is 0.310. The zero-order chi connectivity index (χ0) is 11.4. The highest BCUT2D eigenvalue weighted by molar-refractivity contribution is 7.99. The fourth-order valence-corrected chi connectivity index (χ4v) is 2.41. The molecule has 0 radical (unpaired) electrons. The number of hydrogen-bond acceptors (Lipinski definition) is 2. The van der Waals surface area contributed by atoms with Crippen molar-refractivity contribution in [3.63, 3.8) is 0 Å². The van der Waals surface area contributed by atoms with Gasteiger partial charge in [-0.25, -0.2) is 0 Å². The molecule has 0 aliphatic rings. The zero-order valence-corrected chi connectivity index (χ0v) is 11.7. The van der Waals surface area contributed by atoms with Crippen molar-refractivity contribution in [2.75, 3.05) is 18.1 Å². The fraction of sp³-hybridized carbons (Fsp3) is 1.00. The molecular weight excluding hydrogens is 202 g/mol. The summed E-state index contributed by atoms with van der Waals surface area (Å²) in [4.78, 5) is 0. The first-order chi connectivity index (χ1) is 7.35. The minimum Gasteiger partial charge on any atom is -0.314 e. The summed E-state index contributed by atoms with van der Waals surface area (Å²) in [7, 11) is 0. The van der Waals surface area contributed by atoms with E-state index in [-0.39, 0.29) is 0 Å². The van der Waals surface area contributed by atoms with Crippen LogP contribution in [0, 0.1) is 0 Å². The number of thioether (sulfide) groups is 1. The van der Waals surface area contributed by atoms with E-state index >= 15 is 0 Å². The molecule has 0 saturated carbocycles. The lowest BCUT2D eigenvalue weighted by molar-refractivity contribution is 0.436. The second-order valence-corrected chi connectivity index (χ2v) is 5.53. The molecule has 0 aromatic heterocycles. The molecule has 0 spiro atoms. The lowest BCUT2D eigenvalue weighted by atomic mass is 10.1. The Labute approximate surface area is 101 Å². The van der Waals surface area contributed by atoms with Crippen molar-refractivity contribution < 1.29 is 0 Å². The summed E-state index contributed by atoms with van der Waals surface area (Å²) in [5.41, 5.74) is 0. The largest absolute Gasteiger partial charge is 0.314 e. The summed E-state index contributed by atoms with van der Waals surface area (Å²) in [5, 5.41) is 3.70. The molecule has 15 heavy (non-hydrogen) atoms. The first-order valence-corrected chi connectivity index (χ1v) is 7.81. The lowest BCUT2D eigenvalue weighted by Crippen LogP contribution is -2.30. The Morgan fingerprint density at radius 2 is 1.80 bits per heavy atom. The smallest absolute Gasteiger partial charge is 0.00669 e. The Bertz CT molecular complexity index is 117. The Morgan fingerprint density at radius 3 is 2.40 bits per heavy atom. The van der Waals surface area contributed by atoms with E-state index in [0.29, 0.717) is 0 Å². The highest BCUT2D eigenvalue weighted by atomic mass is 32.2. The maximum atomic E-state index is 3.70. The molecule has 1 unspecified atom stereocenters. The molecule has 1 nitrogen and oxygen atoms in total. The molecule has 0 aromatic carbocycles. The summed E-state index contributed by atoms with van der Waals surface area (Å²) in [6, 6.07) is 0.779. The number of unbranched alkanes of at least 4 members (excludes halogenated alkanes) is 1. The Balaban J connectivity index is 3.38. The summed E-state index contributed by atoms with van der Waals surface area (Å²) in [6.45, 7) is 8.01. The lowest BCUT2D eigenvalue weighted by Gasteiger charge is -2.17. The van der Waals surface area contributed by atoms with Gasteiger partial charge in [0.25, 0.3) is 0 Å². The predicted molar refractivity (Wildman–Crippen MR) is 73.8 cm³/mol. The molecule has 0 saturated heterocycles. The summed E-state index contributed by atoms with van der Waals surface area (Å²) in [5.74, 6) is 2.57. The number of hydrogen-bond donors (Lipinski definition) is 1. The topological polar surface area (TPSA) is 12.0 Å². The van der Waals surface area contributed by atoms with Crippen LogP contribution < -0.4 is 5.32 Å². The molecule has 1 N–H and O–H groups in total. The van der Waals surface area contributed by atoms with Crippen LogP contribution in [0.3, 0.4) is 0 Å². The van der Waals surface area contributed by atoms with Gasteiger partial charge in [0.1, 0.15) is 0 Å². The van der Waals surface area contributed by atoms with Crippen LogP contribution in [0.4, 0.5) is 0 Å². The third-order valence-corrected chi connectivity index (χ3v) is 3.63. The van der Waals surface area contributed by atoms with Crippen molar-refractivity contribution >= 4 is 11.8 Å². The molecular formula is C13H29NS. The minimum absolute atomic E-state index is 0.779. The van der Waals surface area contributed by atoms with Gasteiger partial charge in [-0.05, 0) is 37.3 Å². The van der Waals surface area contributed by atoms with Crippen LogP contribution >= 0.6 is 11.8 Å². The van der Waals surface area contributed by atoms with Gasteiger partial charge in [-0.3, -0.25) is 0 Å². The van der Waals surface area contributed by atoms with Gasteiger partial charge < -0.3 is 5.32 Å². The Morgan fingerprint density at radius 1 is 1.00 bits per heavy atom. The number of rotatable bonds is 11. The van der Waals surface area contributed by atoms with E-state index in [1.165, 1.54) is 56.6 Å². The molecule has 0 aromatic rings. The molecule has 0 fully saturated rings. The number of nitrogens with one attached hydrogen (secondary N) is 1. The van der Waals surface area contributed by atoms with Gasteiger partial charge in [-0.2, -0.15) is 11.8 Å². The maximum Gasteiger partial charge on any atom is 0.00669 e. The third kappa shape index (κ3) is 10.6. The van der Waals surface area contributed by atoms with E-state index in [2.05, 4.69) is 37.8 Å². The van der Waals surface area contributed by atoms with E-state index in [4.69, 9.17) is 0 Å². The quantitative estimate of drug-likeness (QED) is 0.538. The van der Waals surface area contributed by atoms with Crippen molar-refractivity contribution in [2.24, 2.45) is 0 Å². The molecule has 0 bridgehead atoms. The van der Waals surface area contributed by atoms with Gasteiger partial charge in [-0.15, -0.1) is 0 Å². The second kappa shape index (κ2) is 12.4. The summed E-state index contributed by atoms with van der Waals surface area (Å²) >= 11 is 2.05. The van der Waals surface area contributed by atoms with Crippen LogP contribution in [0.5, 0.6) is 0 Å². The Kier molecular flexibility index (Phi) is 12.6. The second-order valence-electron chi connectivity index (χ2n) is 4.13. The van der Waals surface area contributed by atoms with Gasteiger partial charge >= 0.3 is 0 Å². The predicted octanol–water partition coefficient (Wildman–Crippen LogP) is 4.08. The molecule has 0 amide bonds. The van der Waals surface area contributed by atoms with Crippen molar-refractivity contribution in [2.45, 2.75) is 65.3 Å².